The standard InChI is InChI=1S/C15H24BrN3/c1-12(2)11-18-4-6-19(7-5-18)15-13(3)8-14(9-16)10-17-15/h8,10,12H,4-7,9,11H2,1-3H3. The van der Waals surface area contributed by atoms with Gasteiger partial charge >= 0.3 is 0 Å². The van der Waals surface area contributed by atoms with Crippen LogP contribution >= 0.6 is 15.9 Å². The molecular weight excluding hydrogens is 302 g/mol. The molecule has 19 heavy (non-hydrogen) atoms. The molecule has 1 aliphatic rings. The van der Waals surface area contributed by atoms with Crippen LogP contribution in [-0.4, -0.2) is 42.6 Å². The Morgan fingerprint density at radius 1 is 1.26 bits per heavy atom. The molecule has 0 bridgehead atoms. The maximum Gasteiger partial charge on any atom is 0.131 e. The second-order valence-corrected chi connectivity index (χ2v) is 6.36. The summed E-state index contributed by atoms with van der Waals surface area (Å²) in [5, 5.41) is 0.878. The Bertz CT molecular complexity index is 412. The van der Waals surface area contributed by atoms with Gasteiger partial charge in [0.1, 0.15) is 5.82 Å². The molecule has 106 valence electrons. The first-order valence-corrected chi connectivity index (χ1v) is 8.21. The molecule has 0 spiro atoms. The molecule has 4 heteroatoms. The summed E-state index contributed by atoms with van der Waals surface area (Å²) in [6.45, 7) is 12.4. The van der Waals surface area contributed by atoms with Gasteiger partial charge in [-0.1, -0.05) is 35.8 Å². The van der Waals surface area contributed by atoms with Crippen LogP contribution in [0.1, 0.15) is 25.0 Å². The minimum Gasteiger partial charge on any atom is -0.354 e. The molecule has 3 nitrogen and oxygen atoms in total. The average molecular weight is 326 g/mol. The average Bonchev–Trinajstić information content (AvgIpc) is 2.39. The topological polar surface area (TPSA) is 19.4 Å². The summed E-state index contributed by atoms with van der Waals surface area (Å²) in [5.41, 5.74) is 2.54. The number of hydrogen-bond acceptors (Lipinski definition) is 3. The Labute approximate surface area is 125 Å². The summed E-state index contributed by atoms with van der Waals surface area (Å²) in [6, 6.07) is 2.23. The summed E-state index contributed by atoms with van der Waals surface area (Å²) in [4.78, 5) is 9.62. The van der Waals surface area contributed by atoms with E-state index in [0.717, 1.165) is 43.2 Å². The number of nitrogens with zero attached hydrogens (tertiary/aromatic N) is 3. The third-order valence-electron chi connectivity index (χ3n) is 3.56. The number of halogens is 1. The summed E-state index contributed by atoms with van der Waals surface area (Å²) < 4.78 is 0. The van der Waals surface area contributed by atoms with Crippen molar-refractivity contribution in [2.75, 3.05) is 37.6 Å². The van der Waals surface area contributed by atoms with Gasteiger partial charge in [0.25, 0.3) is 0 Å². The summed E-state index contributed by atoms with van der Waals surface area (Å²) in [7, 11) is 0. The molecule has 0 unspecified atom stereocenters. The number of rotatable bonds is 4. The first-order valence-electron chi connectivity index (χ1n) is 7.09. The normalized spacial score (nSPS) is 17.2. The molecular formula is C15H24BrN3. The van der Waals surface area contributed by atoms with Gasteiger partial charge in [-0.3, -0.25) is 4.90 Å². The first kappa shape index (κ1) is 14.8. The lowest BCUT2D eigenvalue weighted by Crippen LogP contribution is -2.47. The number of anilines is 1. The number of pyridine rings is 1. The molecule has 1 aromatic rings. The molecule has 0 N–H and O–H groups in total. The second-order valence-electron chi connectivity index (χ2n) is 5.80. The van der Waals surface area contributed by atoms with Crippen molar-refractivity contribution in [3.8, 4) is 0 Å². The fourth-order valence-electron chi connectivity index (χ4n) is 2.69. The molecule has 1 saturated heterocycles. The van der Waals surface area contributed by atoms with Crippen molar-refractivity contribution in [3.63, 3.8) is 0 Å². The largest absolute Gasteiger partial charge is 0.354 e. The van der Waals surface area contributed by atoms with Crippen LogP contribution in [-0.2, 0) is 5.33 Å². The van der Waals surface area contributed by atoms with Crippen molar-refractivity contribution in [1.29, 1.82) is 0 Å². The Kier molecular flexibility index (Phi) is 5.22. The van der Waals surface area contributed by atoms with Crippen molar-refractivity contribution in [2.24, 2.45) is 5.92 Å². The molecule has 0 amide bonds. The van der Waals surface area contributed by atoms with Crippen LogP contribution in [0.25, 0.3) is 0 Å². The molecule has 0 radical (unpaired) electrons. The highest BCUT2D eigenvalue weighted by molar-refractivity contribution is 9.08. The molecule has 1 fully saturated rings. The zero-order valence-corrected chi connectivity index (χ0v) is 13.8. The van der Waals surface area contributed by atoms with Crippen LogP contribution in [0.2, 0.25) is 0 Å². The van der Waals surface area contributed by atoms with Crippen molar-refractivity contribution in [3.05, 3.63) is 23.4 Å². The van der Waals surface area contributed by atoms with Gasteiger partial charge < -0.3 is 4.90 Å². The number of alkyl halides is 1. The van der Waals surface area contributed by atoms with Gasteiger partial charge in [0.2, 0.25) is 0 Å². The zero-order valence-electron chi connectivity index (χ0n) is 12.2. The molecule has 0 atom stereocenters. The van der Waals surface area contributed by atoms with E-state index in [2.05, 4.69) is 57.6 Å². The highest BCUT2D eigenvalue weighted by atomic mass is 79.9. The van der Waals surface area contributed by atoms with Crippen LogP contribution in [0.3, 0.4) is 0 Å². The smallest absolute Gasteiger partial charge is 0.131 e. The van der Waals surface area contributed by atoms with Crippen LogP contribution in [0, 0.1) is 12.8 Å². The van der Waals surface area contributed by atoms with E-state index in [9.17, 15) is 0 Å². The van der Waals surface area contributed by atoms with Gasteiger partial charge in [-0.25, -0.2) is 4.98 Å². The lowest BCUT2D eigenvalue weighted by atomic mass is 10.1. The van der Waals surface area contributed by atoms with E-state index in [1.54, 1.807) is 0 Å². The predicted molar refractivity (Wildman–Crippen MR) is 85.1 cm³/mol. The van der Waals surface area contributed by atoms with Crippen molar-refractivity contribution < 1.29 is 0 Å². The van der Waals surface area contributed by atoms with E-state index in [1.807, 2.05) is 6.20 Å². The third-order valence-corrected chi connectivity index (χ3v) is 4.20. The zero-order chi connectivity index (χ0) is 13.8. The summed E-state index contributed by atoms with van der Waals surface area (Å²) >= 11 is 3.48. The lowest BCUT2D eigenvalue weighted by molar-refractivity contribution is 0.231. The molecule has 1 aliphatic heterocycles. The quantitative estimate of drug-likeness (QED) is 0.793. The molecule has 2 heterocycles. The molecule has 0 saturated carbocycles. The minimum absolute atomic E-state index is 0.754. The maximum atomic E-state index is 4.64. The molecule has 0 aromatic carbocycles. The Hall–Kier alpha value is -0.610. The van der Waals surface area contributed by atoms with E-state index in [1.165, 1.54) is 17.7 Å². The molecule has 2 rings (SSSR count). The van der Waals surface area contributed by atoms with Gasteiger partial charge in [-0.2, -0.15) is 0 Å². The van der Waals surface area contributed by atoms with E-state index in [4.69, 9.17) is 0 Å². The Morgan fingerprint density at radius 2 is 1.95 bits per heavy atom. The SMILES string of the molecule is Cc1cc(CBr)cnc1N1CCN(CC(C)C)CC1. The third kappa shape index (κ3) is 3.93. The van der Waals surface area contributed by atoms with E-state index < -0.39 is 0 Å². The van der Waals surface area contributed by atoms with Gasteiger partial charge in [-0.15, -0.1) is 0 Å². The van der Waals surface area contributed by atoms with Crippen LogP contribution < -0.4 is 4.90 Å². The number of aryl methyl sites for hydroxylation is 1. The van der Waals surface area contributed by atoms with Crippen LogP contribution in [0.4, 0.5) is 5.82 Å². The van der Waals surface area contributed by atoms with Crippen molar-refractivity contribution in [1.82, 2.24) is 9.88 Å². The second kappa shape index (κ2) is 6.71. The van der Waals surface area contributed by atoms with E-state index in [-0.39, 0.29) is 0 Å². The minimum atomic E-state index is 0.754. The molecule has 0 aliphatic carbocycles. The fourth-order valence-corrected chi connectivity index (χ4v) is 3.00. The maximum absolute atomic E-state index is 4.64. The van der Waals surface area contributed by atoms with E-state index in [0.29, 0.717) is 0 Å². The molecule has 1 aromatic heterocycles. The lowest BCUT2D eigenvalue weighted by Gasteiger charge is -2.36. The van der Waals surface area contributed by atoms with Crippen LogP contribution in [0.15, 0.2) is 12.3 Å². The van der Waals surface area contributed by atoms with E-state index >= 15 is 0 Å². The fraction of sp³-hybridized carbons (Fsp3) is 0.667. The Morgan fingerprint density at radius 3 is 2.47 bits per heavy atom. The summed E-state index contributed by atoms with van der Waals surface area (Å²) in [6.07, 6.45) is 1.98. The highest BCUT2D eigenvalue weighted by Gasteiger charge is 2.19. The first-order chi connectivity index (χ1) is 9.10. The number of aromatic nitrogens is 1. The summed E-state index contributed by atoms with van der Waals surface area (Å²) in [5.74, 6) is 1.92. The number of hydrogen-bond donors (Lipinski definition) is 0. The van der Waals surface area contributed by atoms with Gasteiger partial charge in [-0.05, 0) is 24.0 Å². The van der Waals surface area contributed by atoms with Crippen molar-refractivity contribution in [2.45, 2.75) is 26.1 Å². The highest BCUT2D eigenvalue weighted by Crippen LogP contribution is 2.20. The Balaban J connectivity index is 1.97. The van der Waals surface area contributed by atoms with Crippen LogP contribution in [0.5, 0.6) is 0 Å². The predicted octanol–water partition coefficient (Wildman–Crippen LogP) is 3.06. The monoisotopic (exact) mass is 325 g/mol. The van der Waals surface area contributed by atoms with Gasteiger partial charge in [0, 0.05) is 44.3 Å². The van der Waals surface area contributed by atoms with Gasteiger partial charge in [0.05, 0.1) is 0 Å². The number of piperazine rings is 1. The van der Waals surface area contributed by atoms with Crippen molar-refractivity contribution >= 4 is 21.7 Å². The van der Waals surface area contributed by atoms with Gasteiger partial charge in [0.15, 0.2) is 0 Å².